The maximum atomic E-state index is 13.5. The number of carbonyl (C=O) groups is 5. The molecule has 2 aliphatic rings. The number of rotatable bonds is 5. The van der Waals surface area contributed by atoms with Gasteiger partial charge in [0.15, 0.2) is 0 Å². The molecule has 2 aromatic carbocycles. The van der Waals surface area contributed by atoms with Gasteiger partial charge >= 0.3 is 6.03 Å². The zero-order valence-electron chi connectivity index (χ0n) is 19.3. The highest BCUT2D eigenvalue weighted by Gasteiger charge is 2.44. The molecule has 1 atom stereocenters. The number of anilines is 1. The van der Waals surface area contributed by atoms with Crippen LogP contribution in [-0.4, -0.2) is 51.7 Å². The van der Waals surface area contributed by atoms with E-state index in [0.29, 0.717) is 18.7 Å². The van der Waals surface area contributed by atoms with Crippen molar-refractivity contribution in [2.24, 2.45) is 7.05 Å². The molecule has 11 heteroatoms. The number of amides is 6. The summed E-state index contributed by atoms with van der Waals surface area (Å²) in [4.78, 5) is 62.6. The number of carbonyl (C=O) groups excluding carboxylic acids is 5. The van der Waals surface area contributed by atoms with Gasteiger partial charge in [0.2, 0.25) is 11.8 Å². The minimum atomic E-state index is -1.06. The highest BCUT2D eigenvalue weighted by molar-refractivity contribution is 6.23. The number of aromatic nitrogens is 1. The fourth-order valence-corrected chi connectivity index (χ4v) is 4.67. The Labute approximate surface area is 204 Å². The summed E-state index contributed by atoms with van der Waals surface area (Å²) in [5, 5.41) is 8.44. The van der Waals surface area contributed by atoms with Gasteiger partial charge in [-0.3, -0.25) is 29.4 Å². The highest BCUT2D eigenvalue weighted by atomic mass is 19.1. The number of piperidine rings is 1. The molecule has 5 rings (SSSR count). The predicted molar refractivity (Wildman–Crippen MR) is 127 cm³/mol. The smallest absolute Gasteiger partial charge is 0.319 e. The Morgan fingerprint density at radius 1 is 1.08 bits per heavy atom. The van der Waals surface area contributed by atoms with Gasteiger partial charge in [-0.2, -0.15) is 0 Å². The molecule has 1 unspecified atom stereocenters. The number of aryl methyl sites for hydroxylation is 1. The van der Waals surface area contributed by atoms with Crippen LogP contribution in [0.3, 0.4) is 0 Å². The molecule has 184 valence electrons. The number of nitrogens with zero attached hydrogens (tertiary/aromatic N) is 2. The lowest BCUT2D eigenvalue weighted by atomic mass is 10.0. The molecular weight excluding hydrogens is 469 g/mol. The van der Waals surface area contributed by atoms with E-state index in [1.807, 2.05) is 17.8 Å². The molecule has 2 aliphatic heterocycles. The van der Waals surface area contributed by atoms with Crippen LogP contribution in [-0.2, 0) is 23.1 Å². The number of halogens is 1. The second-order valence-corrected chi connectivity index (χ2v) is 8.77. The van der Waals surface area contributed by atoms with Gasteiger partial charge in [0.25, 0.3) is 11.8 Å². The first-order valence-electron chi connectivity index (χ1n) is 11.4. The lowest BCUT2D eigenvalue weighted by Crippen LogP contribution is -2.54. The minimum Gasteiger partial charge on any atom is -0.350 e. The summed E-state index contributed by atoms with van der Waals surface area (Å²) in [6.45, 7) is 0.313. The van der Waals surface area contributed by atoms with Crippen molar-refractivity contribution >= 4 is 46.3 Å². The number of nitrogens with one attached hydrogen (secondary N) is 3. The van der Waals surface area contributed by atoms with E-state index in [-0.39, 0.29) is 29.8 Å². The van der Waals surface area contributed by atoms with Crippen LogP contribution in [0.2, 0.25) is 0 Å². The maximum Gasteiger partial charge on any atom is 0.319 e. The van der Waals surface area contributed by atoms with E-state index in [9.17, 15) is 28.4 Å². The van der Waals surface area contributed by atoms with Crippen LogP contribution in [0.15, 0.2) is 42.6 Å². The standard InChI is InChI=1S/C25H22FN5O5/c1-30-12-13(16-4-2-14(26)10-20(16)30)8-9-27-25(36)28-15-3-5-17-18(11-15)24(35)31(23(17)34)19-6-7-21(32)29-22(19)33/h2-5,10-12,19H,6-9H2,1H3,(H2,27,28,36)(H,29,32,33). The summed E-state index contributed by atoms with van der Waals surface area (Å²) < 4.78 is 15.3. The number of imide groups is 2. The van der Waals surface area contributed by atoms with Gasteiger partial charge < -0.3 is 15.2 Å². The monoisotopic (exact) mass is 491 g/mol. The largest absolute Gasteiger partial charge is 0.350 e. The molecule has 0 saturated carbocycles. The number of benzene rings is 2. The first kappa shape index (κ1) is 23.2. The Morgan fingerprint density at radius 2 is 1.86 bits per heavy atom. The average molecular weight is 491 g/mol. The van der Waals surface area contributed by atoms with Gasteiger partial charge in [-0.25, -0.2) is 9.18 Å². The van der Waals surface area contributed by atoms with Crippen LogP contribution in [0.4, 0.5) is 14.9 Å². The minimum absolute atomic E-state index is 0.0342. The molecule has 0 bridgehead atoms. The molecule has 1 saturated heterocycles. The number of fused-ring (bicyclic) bond motifs is 2. The van der Waals surface area contributed by atoms with Gasteiger partial charge in [0.05, 0.1) is 16.6 Å². The van der Waals surface area contributed by atoms with Crippen molar-refractivity contribution < 1.29 is 28.4 Å². The molecule has 1 aromatic heterocycles. The van der Waals surface area contributed by atoms with Crippen LogP contribution >= 0.6 is 0 Å². The molecule has 0 radical (unpaired) electrons. The number of hydrogen-bond donors (Lipinski definition) is 3. The summed E-state index contributed by atoms with van der Waals surface area (Å²) in [5.41, 5.74) is 2.23. The molecule has 3 N–H and O–H groups in total. The van der Waals surface area contributed by atoms with E-state index in [2.05, 4.69) is 16.0 Å². The van der Waals surface area contributed by atoms with Crippen LogP contribution < -0.4 is 16.0 Å². The first-order valence-corrected chi connectivity index (χ1v) is 11.4. The van der Waals surface area contributed by atoms with Gasteiger partial charge in [-0.05, 0) is 54.8 Å². The van der Waals surface area contributed by atoms with Crippen molar-refractivity contribution in [3.63, 3.8) is 0 Å². The highest BCUT2D eigenvalue weighted by Crippen LogP contribution is 2.29. The number of urea groups is 1. The molecule has 0 spiro atoms. The summed E-state index contributed by atoms with van der Waals surface area (Å²) >= 11 is 0. The van der Waals surface area contributed by atoms with E-state index in [4.69, 9.17) is 0 Å². The maximum absolute atomic E-state index is 13.5. The van der Waals surface area contributed by atoms with E-state index < -0.39 is 35.7 Å². The fraction of sp³-hybridized carbons (Fsp3) is 0.240. The van der Waals surface area contributed by atoms with Crippen molar-refractivity contribution in [3.05, 3.63) is 65.1 Å². The lowest BCUT2D eigenvalue weighted by molar-refractivity contribution is -0.136. The van der Waals surface area contributed by atoms with Crippen molar-refractivity contribution in [1.29, 1.82) is 0 Å². The quantitative estimate of drug-likeness (QED) is 0.471. The van der Waals surface area contributed by atoms with E-state index >= 15 is 0 Å². The van der Waals surface area contributed by atoms with Crippen molar-refractivity contribution in [3.8, 4) is 0 Å². The Kier molecular flexibility index (Phi) is 5.75. The van der Waals surface area contributed by atoms with E-state index in [1.54, 1.807) is 6.07 Å². The van der Waals surface area contributed by atoms with E-state index in [1.165, 1.54) is 30.3 Å². The molecule has 3 aromatic rings. The van der Waals surface area contributed by atoms with Gasteiger partial charge in [-0.1, -0.05) is 0 Å². The molecule has 6 amide bonds. The molecule has 1 fully saturated rings. The molecule has 10 nitrogen and oxygen atoms in total. The Bertz CT molecular complexity index is 1460. The third-order valence-electron chi connectivity index (χ3n) is 6.41. The molecule has 36 heavy (non-hydrogen) atoms. The first-order chi connectivity index (χ1) is 17.2. The zero-order valence-corrected chi connectivity index (χ0v) is 19.3. The summed E-state index contributed by atoms with van der Waals surface area (Å²) in [7, 11) is 1.83. The Hall–Kier alpha value is -4.54. The van der Waals surface area contributed by atoms with Crippen LogP contribution in [0, 0.1) is 5.82 Å². The second kappa shape index (κ2) is 8.91. The third kappa shape index (κ3) is 4.08. The molecular formula is C25H22FN5O5. The summed E-state index contributed by atoms with van der Waals surface area (Å²) in [6, 6.07) is 7.32. The normalized spacial score (nSPS) is 17.4. The Morgan fingerprint density at radius 3 is 2.64 bits per heavy atom. The number of hydrogen-bond acceptors (Lipinski definition) is 5. The van der Waals surface area contributed by atoms with Crippen LogP contribution in [0.25, 0.3) is 10.9 Å². The zero-order chi connectivity index (χ0) is 25.6. The van der Waals surface area contributed by atoms with Crippen molar-refractivity contribution in [2.45, 2.75) is 25.3 Å². The van der Waals surface area contributed by atoms with E-state index in [0.717, 1.165) is 21.4 Å². The lowest BCUT2D eigenvalue weighted by Gasteiger charge is -2.27. The van der Waals surface area contributed by atoms with Crippen LogP contribution in [0.5, 0.6) is 0 Å². The molecule has 3 heterocycles. The molecule has 0 aliphatic carbocycles. The van der Waals surface area contributed by atoms with Gasteiger partial charge in [0.1, 0.15) is 11.9 Å². The predicted octanol–water partition coefficient (Wildman–Crippen LogP) is 2.08. The summed E-state index contributed by atoms with van der Waals surface area (Å²) in [5.74, 6) is -2.71. The fourth-order valence-electron chi connectivity index (χ4n) is 4.67. The summed E-state index contributed by atoms with van der Waals surface area (Å²) in [6.07, 6.45) is 2.51. The third-order valence-corrected chi connectivity index (χ3v) is 6.41. The Balaban J connectivity index is 1.22. The second-order valence-electron chi connectivity index (χ2n) is 8.77. The van der Waals surface area contributed by atoms with Crippen molar-refractivity contribution in [2.75, 3.05) is 11.9 Å². The topological polar surface area (TPSA) is 130 Å². The van der Waals surface area contributed by atoms with Gasteiger partial charge in [0, 0.05) is 37.3 Å². The van der Waals surface area contributed by atoms with Crippen molar-refractivity contribution in [1.82, 2.24) is 20.1 Å². The SMILES string of the molecule is Cn1cc(CCNC(=O)Nc2ccc3c(c2)C(=O)N(C2CCC(=O)NC2=O)C3=O)c2ccc(F)cc21. The van der Waals surface area contributed by atoms with Gasteiger partial charge in [-0.15, -0.1) is 0 Å². The average Bonchev–Trinajstić information content (AvgIpc) is 3.27. The van der Waals surface area contributed by atoms with Crippen LogP contribution in [0.1, 0.15) is 39.1 Å².